The molecular weight excluding hydrogens is 394 g/mol. The van der Waals surface area contributed by atoms with Crippen molar-refractivity contribution in [1.82, 2.24) is 0 Å². The molecule has 0 aromatic heterocycles. The number of anilines is 1. The first kappa shape index (κ1) is 19.8. The molecule has 0 saturated heterocycles. The minimum absolute atomic E-state index is 0.256. The van der Waals surface area contributed by atoms with Crippen molar-refractivity contribution in [1.29, 1.82) is 0 Å². The molecular formula is C25H27NO5. The summed E-state index contributed by atoms with van der Waals surface area (Å²) in [4.78, 5) is 2.19. The number of fused-ring (bicyclic) bond motifs is 6. The highest BCUT2D eigenvalue weighted by molar-refractivity contribution is 6.05. The number of rotatable bonds is 6. The number of unbranched alkanes of at least 4 members (excludes halogenated alkanes) is 1. The molecule has 0 amide bonds. The summed E-state index contributed by atoms with van der Waals surface area (Å²) in [6, 6.07) is 12.5. The Morgan fingerprint density at radius 3 is 2.52 bits per heavy atom. The van der Waals surface area contributed by atoms with Crippen LogP contribution in [0.3, 0.4) is 0 Å². The Morgan fingerprint density at radius 2 is 1.77 bits per heavy atom. The molecule has 3 aromatic rings. The van der Waals surface area contributed by atoms with Crippen molar-refractivity contribution in [2.24, 2.45) is 0 Å². The standard InChI is InChI=1S/C25H27NO5/c1-5-6-11-29-25-22-16(9-10-19(27-3)24(22)28-4)17-8-7-15-12-20-21(31-14-30-20)13-18(15)23(17)26(25)2/h7-10,12-13,25H,5-6,11,14H2,1-4H3/t25-/m1/s1. The first-order valence-electron chi connectivity index (χ1n) is 10.6. The molecule has 6 nitrogen and oxygen atoms in total. The van der Waals surface area contributed by atoms with Crippen LogP contribution in [0.1, 0.15) is 31.6 Å². The molecule has 0 saturated carbocycles. The summed E-state index contributed by atoms with van der Waals surface area (Å²) < 4.78 is 29.1. The summed E-state index contributed by atoms with van der Waals surface area (Å²) in [6.07, 6.45) is 1.77. The van der Waals surface area contributed by atoms with Crippen LogP contribution in [-0.2, 0) is 4.74 Å². The van der Waals surface area contributed by atoms with Gasteiger partial charge in [0.05, 0.1) is 25.5 Å². The molecule has 2 aliphatic heterocycles. The number of ether oxygens (including phenoxy) is 5. The quantitative estimate of drug-likeness (QED) is 0.489. The van der Waals surface area contributed by atoms with E-state index >= 15 is 0 Å². The van der Waals surface area contributed by atoms with E-state index in [0.717, 1.165) is 57.5 Å². The fourth-order valence-electron chi connectivity index (χ4n) is 4.57. The van der Waals surface area contributed by atoms with Gasteiger partial charge in [0.25, 0.3) is 0 Å². The topological polar surface area (TPSA) is 49.4 Å². The van der Waals surface area contributed by atoms with Crippen LogP contribution in [0.2, 0.25) is 0 Å². The van der Waals surface area contributed by atoms with E-state index in [1.54, 1.807) is 14.2 Å². The van der Waals surface area contributed by atoms with Crippen LogP contribution in [0.4, 0.5) is 5.69 Å². The van der Waals surface area contributed by atoms with Gasteiger partial charge in [0, 0.05) is 24.6 Å². The average Bonchev–Trinajstić information content (AvgIpc) is 3.25. The van der Waals surface area contributed by atoms with Crippen LogP contribution in [0.15, 0.2) is 36.4 Å². The highest BCUT2D eigenvalue weighted by Crippen LogP contribution is 2.53. The molecule has 0 radical (unpaired) electrons. The van der Waals surface area contributed by atoms with Crippen LogP contribution < -0.4 is 23.8 Å². The molecule has 0 spiro atoms. The molecule has 2 heterocycles. The SMILES string of the molecule is CCCCO[C@@H]1c2c(ccc(OC)c2OC)-c2ccc3cc4c(cc3c2N1C)OCO4. The summed E-state index contributed by atoms with van der Waals surface area (Å²) in [7, 11) is 5.41. The van der Waals surface area contributed by atoms with Crippen molar-refractivity contribution in [2.45, 2.75) is 26.0 Å². The van der Waals surface area contributed by atoms with Gasteiger partial charge < -0.3 is 28.6 Å². The third-order valence-corrected chi connectivity index (χ3v) is 6.08. The zero-order valence-corrected chi connectivity index (χ0v) is 18.4. The van der Waals surface area contributed by atoms with Gasteiger partial charge in [-0.1, -0.05) is 25.5 Å². The molecule has 0 bridgehead atoms. The predicted molar refractivity (Wildman–Crippen MR) is 121 cm³/mol. The number of hydrogen-bond donors (Lipinski definition) is 0. The van der Waals surface area contributed by atoms with Crippen LogP contribution in [0.25, 0.3) is 21.9 Å². The Morgan fingerprint density at radius 1 is 1.00 bits per heavy atom. The molecule has 1 atom stereocenters. The van der Waals surface area contributed by atoms with Gasteiger partial charge in [0.2, 0.25) is 6.79 Å². The Hall–Kier alpha value is -3.12. The van der Waals surface area contributed by atoms with Gasteiger partial charge in [-0.3, -0.25) is 0 Å². The van der Waals surface area contributed by atoms with E-state index in [1.165, 1.54) is 0 Å². The molecule has 5 rings (SSSR count). The van der Waals surface area contributed by atoms with Crippen molar-refractivity contribution in [3.63, 3.8) is 0 Å². The van der Waals surface area contributed by atoms with Crippen LogP contribution >= 0.6 is 0 Å². The van der Waals surface area contributed by atoms with E-state index in [4.69, 9.17) is 23.7 Å². The average molecular weight is 421 g/mol. The second-order valence-electron chi connectivity index (χ2n) is 7.84. The minimum atomic E-state index is -0.296. The smallest absolute Gasteiger partial charge is 0.231 e. The lowest BCUT2D eigenvalue weighted by molar-refractivity contribution is 0.0492. The maximum Gasteiger partial charge on any atom is 0.231 e. The monoisotopic (exact) mass is 421 g/mol. The number of nitrogens with zero attached hydrogens (tertiary/aromatic N) is 1. The van der Waals surface area contributed by atoms with Crippen molar-refractivity contribution >= 4 is 16.5 Å². The lowest BCUT2D eigenvalue weighted by Gasteiger charge is -2.39. The Balaban J connectivity index is 1.76. The maximum atomic E-state index is 6.44. The Bertz CT molecular complexity index is 1140. The van der Waals surface area contributed by atoms with E-state index in [-0.39, 0.29) is 13.0 Å². The van der Waals surface area contributed by atoms with E-state index < -0.39 is 0 Å². The third kappa shape index (κ3) is 3.05. The number of benzene rings is 3. The fraction of sp³-hybridized carbons (Fsp3) is 0.360. The van der Waals surface area contributed by atoms with E-state index in [2.05, 4.69) is 43.1 Å². The molecule has 2 aliphatic rings. The van der Waals surface area contributed by atoms with Crippen molar-refractivity contribution in [3.8, 4) is 34.1 Å². The first-order chi connectivity index (χ1) is 15.2. The number of methoxy groups -OCH3 is 2. The summed E-state index contributed by atoms with van der Waals surface area (Å²) >= 11 is 0. The molecule has 3 aromatic carbocycles. The molecule has 31 heavy (non-hydrogen) atoms. The van der Waals surface area contributed by atoms with Crippen LogP contribution in [0.5, 0.6) is 23.0 Å². The summed E-state index contributed by atoms with van der Waals surface area (Å²) in [5.41, 5.74) is 4.32. The van der Waals surface area contributed by atoms with Crippen molar-refractivity contribution in [3.05, 3.63) is 42.0 Å². The summed E-state index contributed by atoms with van der Waals surface area (Å²) in [5, 5.41) is 2.21. The van der Waals surface area contributed by atoms with E-state index in [0.29, 0.717) is 18.1 Å². The molecule has 0 fully saturated rings. The van der Waals surface area contributed by atoms with Crippen molar-refractivity contribution < 1.29 is 23.7 Å². The van der Waals surface area contributed by atoms with Crippen molar-refractivity contribution in [2.75, 3.05) is 39.6 Å². The minimum Gasteiger partial charge on any atom is -0.493 e. The predicted octanol–water partition coefficient (Wildman–Crippen LogP) is 5.52. The third-order valence-electron chi connectivity index (χ3n) is 6.08. The van der Waals surface area contributed by atoms with Gasteiger partial charge >= 0.3 is 0 Å². The van der Waals surface area contributed by atoms with Gasteiger partial charge in [0.15, 0.2) is 29.2 Å². The molecule has 6 heteroatoms. The number of hydrogen-bond acceptors (Lipinski definition) is 6. The largest absolute Gasteiger partial charge is 0.493 e. The lowest BCUT2D eigenvalue weighted by Crippen LogP contribution is -2.31. The lowest BCUT2D eigenvalue weighted by atomic mass is 9.88. The first-order valence-corrected chi connectivity index (χ1v) is 10.6. The van der Waals surface area contributed by atoms with Gasteiger partial charge in [-0.05, 0) is 41.6 Å². The summed E-state index contributed by atoms with van der Waals surface area (Å²) in [6.45, 7) is 3.08. The Kier molecular flexibility index (Phi) is 5.02. The summed E-state index contributed by atoms with van der Waals surface area (Å²) in [5.74, 6) is 2.97. The highest BCUT2D eigenvalue weighted by Gasteiger charge is 2.35. The van der Waals surface area contributed by atoms with E-state index in [9.17, 15) is 0 Å². The Labute approximate surface area is 182 Å². The second-order valence-corrected chi connectivity index (χ2v) is 7.84. The fourth-order valence-corrected chi connectivity index (χ4v) is 4.57. The zero-order chi connectivity index (χ0) is 21.5. The van der Waals surface area contributed by atoms with Gasteiger partial charge in [-0.15, -0.1) is 0 Å². The highest BCUT2D eigenvalue weighted by atomic mass is 16.7. The van der Waals surface area contributed by atoms with E-state index in [1.807, 2.05) is 12.1 Å². The molecule has 0 aliphatic carbocycles. The van der Waals surface area contributed by atoms with Gasteiger partial charge in [0.1, 0.15) is 0 Å². The second kappa shape index (κ2) is 7.85. The van der Waals surface area contributed by atoms with Gasteiger partial charge in [-0.25, -0.2) is 0 Å². The maximum absolute atomic E-state index is 6.44. The zero-order valence-electron chi connectivity index (χ0n) is 18.4. The van der Waals surface area contributed by atoms with Crippen LogP contribution in [-0.4, -0.2) is 34.7 Å². The molecule has 162 valence electrons. The molecule has 0 N–H and O–H groups in total. The molecule has 0 unspecified atom stereocenters. The normalized spacial score (nSPS) is 16.3. The van der Waals surface area contributed by atoms with Gasteiger partial charge in [-0.2, -0.15) is 0 Å². The van der Waals surface area contributed by atoms with Crippen LogP contribution in [0, 0.1) is 0 Å².